The van der Waals surface area contributed by atoms with E-state index in [9.17, 15) is 27.0 Å². The Bertz CT molecular complexity index is 2150. The van der Waals surface area contributed by atoms with Crippen molar-refractivity contribution in [3.63, 3.8) is 0 Å². The molecule has 5 aromatic rings. The molecule has 6 rings (SSSR count). The third-order valence-corrected chi connectivity index (χ3v) is 9.54. The Hall–Kier alpha value is -5.96. The zero-order valence-corrected chi connectivity index (χ0v) is 27.1. The van der Waals surface area contributed by atoms with Gasteiger partial charge in [-0.3, -0.25) is 4.79 Å². The van der Waals surface area contributed by atoms with Crippen LogP contribution in [0, 0.1) is 4.78 Å². The molecule has 0 saturated heterocycles. The zero-order valence-electron chi connectivity index (χ0n) is 26.3. The van der Waals surface area contributed by atoms with Crippen LogP contribution in [0.3, 0.4) is 0 Å². The Morgan fingerprint density at radius 2 is 1.56 bits per heavy atom. The average Bonchev–Trinajstić information content (AvgIpc) is 3.09. The van der Waals surface area contributed by atoms with E-state index in [4.69, 9.17) is 4.78 Å². The summed E-state index contributed by atoms with van der Waals surface area (Å²) < 4.78 is 61.5. The fourth-order valence-corrected chi connectivity index (χ4v) is 6.67. The van der Waals surface area contributed by atoms with Gasteiger partial charge < -0.3 is 26.6 Å². The van der Waals surface area contributed by atoms with Gasteiger partial charge in [-0.15, -0.1) is 0 Å². The first-order valence-corrected chi connectivity index (χ1v) is 17.2. The summed E-state index contributed by atoms with van der Waals surface area (Å²) in [6.45, 7) is 0.466. The lowest BCUT2D eigenvalue weighted by Gasteiger charge is -2.15. The van der Waals surface area contributed by atoms with Crippen molar-refractivity contribution in [2.45, 2.75) is 23.9 Å². The van der Waals surface area contributed by atoms with Gasteiger partial charge >= 0.3 is 12.2 Å². The minimum absolute atomic E-state index is 0.109. The highest BCUT2D eigenvalue weighted by Gasteiger charge is 2.31. The van der Waals surface area contributed by atoms with Gasteiger partial charge in [0.1, 0.15) is 5.82 Å². The summed E-state index contributed by atoms with van der Waals surface area (Å²) in [6.07, 6.45) is -1.89. The minimum atomic E-state index is -4.57. The van der Waals surface area contributed by atoms with Crippen molar-refractivity contribution in [2.24, 2.45) is 0 Å². The van der Waals surface area contributed by atoms with Crippen LogP contribution >= 0.6 is 0 Å². The molecule has 50 heavy (non-hydrogen) atoms. The Morgan fingerprint density at radius 3 is 2.32 bits per heavy atom. The molecule has 0 radical (unpaired) electrons. The number of nitrogens with one attached hydrogen (secondary N) is 6. The summed E-state index contributed by atoms with van der Waals surface area (Å²) in [5.41, 5.74) is 2.01. The topological polar surface area (TPSA) is 161 Å². The van der Waals surface area contributed by atoms with Gasteiger partial charge in [-0.1, -0.05) is 36.4 Å². The smallest absolute Gasteiger partial charge is 0.369 e. The predicted octanol–water partition coefficient (Wildman–Crippen LogP) is 8.41. The fraction of sp³-hybridized carbons (Fsp3) is 0.143. The van der Waals surface area contributed by atoms with Crippen molar-refractivity contribution in [2.75, 3.05) is 38.9 Å². The molecule has 0 saturated carbocycles. The quantitative estimate of drug-likeness (QED) is 0.107. The van der Waals surface area contributed by atoms with Gasteiger partial charge in [-0.25, -0.2) is 18.8 Å². The number of para-hydroxylation sites is 1. The molecule has 0 fully saturated rings. The molecule has 3 amide bonds. The molecule has 0 spiro atoms. The van der Waals surface area contributed by atoms with Crippen LogP contribution in [0.4, 0.5) is 52.5 Å². The van der Waals surface area contributed by atoms with E-state index in [0.29, 0.717) is 59.1 Å². The fourth-order valence-electron chi connectivity index (χ4n) is 5.19. The highest BCUT2D eigenvalue weighted by atomic mass is 32.2. The molecule has 4 bridgehead atoms. The second-order valence-corrected chi connectivity index (χ2v) is 13.6. The number of fused-ring (bicyclic) bond motifs is 4. The van der Waals surface area contributed by atoms with Crippen LogP contribution in [0.25, 0.3) is 11.1 Å². The van der Waals surface area contributed by atoms with Gasteiger partial charge in [0.05, 0.1) is 20.2 Å². The SMILES string of the molecule is N=S1(=O)CCCCNc2nc(ncc2-c2ccc(NC(=O)c3cccc(C(F)(F)F)c3)cc2)Nc2cc(NC(=O)Nc3ccccc3)cc1c2. The number of nitrogens with zero attached hydrogens (tertiary/aromatic N) is 2. The minimum Gasteiger partial charge on any atom is -0.369 e. The Kier molecular flexibility index (Phi) is 9.67. The lowest BCUT2D eigenvalue weighted by molar-refractivity contribution is -0.137. The number of carbonyl (C=O) groups is 2. The molecule has 15 heteroatoms. The molecule has 1 aliphatic heterocycles. The molecule has 2 heterocycles. The van der Waals surface area contributed by atoms with Crippen molar-refractivity contribution in [1.29, 1.82) is 4.78 Å². The van der Waals surface area contributed by atoms with Crippen LogP contribution in [-0.4, -0.2) is 38.4 Å². The van der Waals surface area contributed by atoms with E-state index in [-0.39, 0.29) is 22.2 Å². The largest absolute Gasteiger partial charge is 0.416 e. The lowest BCUT2D eigenvalue weighted by atomic mass is 10.1. The molecule has 0 aliphatic carbocycles. The van der Waals surface area contributed by atoms with Gasteiger partial charge in [-0.2, -0.15) is 18.2 Å². The number of carbonyl (C=O) groups excluding carboxylic acids is 2. The molecule has 4 aromatic carbocycles. The summed E-state index contributed by atoms with van der Waals surface area (Å²) in [5.74, 6) is 0.121. The number of alkyl halides is 3. The monoisotopic (exact) mass is 700 g/mol. The Morgan fingerprint density at radius 1 is 0.820 bits per heavy atom. The maximum absolute atomic E-state index is 13.5. The number of aromatic nitrogens is 2. The van der Waals surface area contributed by atoms with Crippen LogP contribution in [0.15, 0.2) is 108 Å². The number of anilines is 6. The molecule has 6 N–H and O–H groups in total. The van der Waals surface area contributed by atoms with E-state index < -0.39 is 33.4 Å². The number of amides is 3. The van der Waals surface area contributed by atoms with E-state index in [2.05, 4.69) is 36.6 Å². The van der Waals surface area contributed by atoms with Crippen LogP contribution in [-0.2, 0) is 15.9 Å². The molecular formula is C35H31F3N8O3S. The molecule has 11 nitrogen and oxygen atoms in total. The first-order valence-electron chi connectivity index (χ1n) is 15.4. The van der Waals surface area contributed by atoms with Crippen molar-refractivity contribution < 1.29 is 27.0 Å². The van der Waals surface area contributed by atoms with Crippen LogP contribution in [0.1, 0.15) is 28.8 Å². The summed E-state index contributed by atoms with van der Waals surface area (Å²) in [4.78, 5) is 34.8. The highest BCUT2D eigenvalue weighted by molar-refractivity contribution is 7.92. The van der Waals surface area contributed by atoms with E-state index in [1.807, 2.05) is 6.07 Å². The Labute approximate surface area is 285 Å². The van der Waals surface area contributed by atoms with Crippen molar-refractivity contribution in [1.82, 2.24) is 9.97 Å². The van der Waals surface area contributed by atoms with Gasteiger partial charge in [0.2, 0.25) is 5.95 Å². The number of hydrogen-bond donors (Lipinski definition) is 6. The second kappa shape index (κ2) is 14.3. The van der Waals surface area contributed by atoms with Crippen LogP contribution in [0.5, 0.6) is 0 Å². The molecule has 256 valence electrons. The molecule has 1 aromatic heterocycles. The van der Waals surface area contributed by atoms with Crippen LogP contribution < -0.4 is 26.6 Å². The van der Waals surface area contributed by atoms with Crippen molar-refractivity contribution >= 4 is 56.2 Å². The molecular weight excluding hydrogens is 669 g/mol. The highest BCUT2D eigenvalue weighted by Crippen LogP contribution is 2.32. The zero-order chi connectivity index (χ0) is 35.3. The average molecular weight is 701 g/mol. The normalized spacial score (nSPS) is 15.9. The summed E-state index contributed by atoms with van der Waals surface area (Å²) >= 11 is 0. The summed E-state index contributed by atoms with van der Waals surface area (Å²) in [7, 11) is -3.20. The standard InChI is InChI=1S/C35H31F3N8O3S/c36-35(37,38)24-8-6-7-23(17-24)32(47)42-26-13-11-22(12-14-26)30-21-41-33-43-27-18-28(45-34(48)44-25-9-2-1-3-10-25)20-29(19-27)50(39,49)16-5-4-15-40-31(30)46-33/h1-3,6-14,17-21,39H,4-5,15-16H2,(H,42,47)(H2,44,45,48)(H2,40,41,43,46). The second-order valence-electron chi connectivity index (χ2n) is 11.4. The number of rotatable bonds is 5. The Balaban J connectivity index is 1.23. The van der Waals surface area contributed by atoms with Gasteiger partial charge in [-0.05, 0) is 79.1 Å². The molecule has 1 unspecified atom stereocenters. The van der Waals surface area contributed by atoms with E-state index >= 15 is 0 Å². The summed E-state index contributed by atoms with van der Waals surface area (Å²) in [5, 5.41) is 14.5. The number of halogens is 3. The maximum Gasteiger partial charge on any atom is 0.416 e. The summed E-state index contributed by atoms with van der Waals surface area (Å²) in [6, 6.07) is 24.0. The van der Waals surface area contributed by atoms with Gasteiger partial charge in [0, 0.05) is 52.4 Å². The number of benzene rings is 4. The van der Waals surface area contributed by atoms with Crippen molar-refractivity contribution in [3.05, 3.63) is 114 Å². The number of urea groups is 1. The van der Waals surface area contributed by atoms with Gasteiger partial charge in [0.25, 0.3) is 5.91 Å². The number of hydrogen-bond acceptors (Lipinski definition) is 8. The maximum atomic E-state index is 13.5. The molecule has 1 aliphatic rings. The van der Waals surface area contributed by atoms with Crippen LogP contribution in [0.2, 0.25) is 0 Å². The first-order chi connectivity index (χ1) is 23.9. The van der Waals surface area contributed by atoms with Crippen molar-refractivity contribution in [3.8, 4) is 11.1 Å². The van der Waals surface area contributed by atoms with E-state index in [1.54, 1.807) is 66.9 Å². The first kappa shape index (κ1) is 33.9. The predicted molar refractivity (Wildman–Crippen MR) is 187 cm³/mol. The third-order valence-electron chi connectivity index (χ3n) is 7.68. The molecule has 1 atom stereocenters. The van der Waals surface area contributed by atoms with E-state index in [1.165, 1.54) is 18.2 Å². The van der Waals surface area contributed by atoms with E-state index in [0.717, 1.165) is 12.1 Å². The third kappa shape index (κ3) is 8.36. The lowest BCUT2D eigenvalue weighted by Crippen LogP contribution is -2.19. The van der Waals surface area contributed by atoms with Gasteiger partial charge in [0.15, 0.2) is 0 Å².